The molecule has 4 aliphatic rings. The van der Waals surface area contributed by atoms with Crippen molar-refractivity contribution in [3.05, 3.63) is 42.2 Å². The van der Waals surface area contributed by atoms with Gasteiger partial charge in [-0.05, 0) is 75.5 Å². The molecule has 1 atom stereocenters. The second kappa shape index (κ2) is 9.47. The van der Waals surface area contributed by atoms with Crippen molar-refractivity contribution in [3.8, 4) is 11.1 Å². The summed E-state index contributed by atoms with van der Waals surface area (Å²) in [7, 11) is 0. The Labute approximate surface area is 212 Å². The maximum absolute atomic E-state index is 13.6. The van der Waals surface area contributed by atoms with Gasteiger partial charge in [0.15, 0.2) is 0 Å². The van der Waals surface area contributed by atoms with Crippen LogP contribution in [0.5, 0.6) is 0 Å². The van der Waals surface area contributed by atoms with E-state index in [-0.39, 0.29) is 29.4 Å². The van der Waals surface area contributed by atoms with Gasteiger partial charge in [0.05, 0.1) is 11.5 Å². The monoisotopic (exact) mass is 489 g/mol. The van der Waals surface area contributed by atoms with Crippen molar-refractivity contribution in [2.75, 3.05) is 24.5 Å². The Morgan fingerprint density at radius 2 is 1.67 bits per heavy atom. The van der Waals surface area contributed by atoms with Crippen LogP contribution < -0.4 is 10.2 Å². The molecule has 2 saturated carbocycles. The molecule has 4 fully saturated rings. The van der Waals surface area contributed by atoms with Gasteiger partial charge in [0, 0.05) is 55.2 Å². The van der Waals surface area contributed by atoms with Gasteiger partial charge < -0.3 is 20.2 Å². The Bertz CT molecular complexity index is 1110. The second-order valence-corrected chi connectivity index (χ2v) is 11.1. The number of hydrogen-bond donors (Lipinski definition) is 2. The number of aromatic nitrogens is 2. The Balaban J connectivity index is 1.11. The lowest BCUT2D eigenvalue weighted by Crippen LogP contribution is -2.50. The lowest BCUT2D eigenvalue weighted by molar-refractivity contribution is -0.139. The Kier molecular flexibility index (Phi) is 6.15. The van der Waals surface area contributed by atoms with E-state index < -0.39 is 0 Å². The molecule has 3 heterocycles. The Hall–Kier alpha value is -3.00. The summed E-state index contributed by atoms with van der Waals surface area (Å²) in [6.07, 6.45) is 11.8. The van der Waals surface area contributed by atoms with Crippen LogP contribution >= 0.6 is 0 Å². The van der Waals surface area contributed by atoms with E-state index >= 15 is 0 Å². The van der Waals surface area contributed by atoms with Crippen LogP contribution in [0.4, 0.5) is 5.95 Å². The Morgan fingerprint density at radius 1 is 0.944 bits per heavy atom. The second-order valence-electron chi connectivity index (χ2n) is 11.1. The number of amides is 2. The molecule has 2 N–H and O–H groups in total. The molecule has 36 heavy (non-hydrogen) atoms. The molecule has 1 aromatic carbocycles. The highest BCUT2D eigenvalue weighted by Gasteiger charge is 2.51. The van der Waals surface area contributed by atoms with E-state index in [9.17, 15) is 14.7 Å². The number of aliphatic hydroxyl groups is 1. The minimum absolute atomic E-state index is 0.0178. The summed E-state index contributed by atoms with van der Waals surface area (Å²) in [5.41, 5.74) is 2.20. The summed E-state index contributed by atoms with van der Waals surface area (Å²) in [5.74, 6) is 0.942. The van der Waals surface area contributed by atoms with Gasteiger partial charge in [-0.15, -0.1) is 0 Å². The molecule has 8 heteroatoms. The highest BCUT2D eigenvalue weighted by Crippen LogP contribution is 2.43. The number of anilines is 1. The number of aliphatic hydroxyl groups excluding tert-OH is 1. The van der Waals surface area contributed by atoms with Crippen LogP contribution in [0.15, 0.2) is 36.7 Å². The van der Waals surface area contributed by atoms with E-state index in [4.69, 9.17) is 0 Å². The SMILES string of the molecule is O=C(NC1CC1)c1ccc(-c2cnc(N3CCC[C@@]4(CCN([C@H]5CC[C@@H](O)CC5)C4=O)C3)nc2)cc1. The molecule has 2 aliphatic carbocycles. The first-order valence-corrected chi connectivity index (χ1v) is 13.5. The van der Waals surface area contributed by atoms with Crippen LogP contribution in [0.2, 0.25) is 0 Å². The van der Waals surface area contributed by atoms with Crippen molar-refractivity contribution < 1.29 is 14.7 Å². The highest BCUT2D eigenvalue weighted by molar-refractivity contribution is 5.95. The van der Waals surface area contributed by atoms with Crippen molar-refractivity contribution in [2.45, 2.75) is 76.0 Å². The van der Waals surface area contributed by atoms with E-state index in [1.807, 2.05) is 36.7 Å². The third-order valence-corrected chi connectivity index (χ3v) is 8.54. The van der Waals surface area contributed by atoms with Crippen molar-refractivity contribution in [1.82, 2.24) is 20.2 Å². The van der Waals surface area contributed by atoms with Crippen molar-refractivity contribution in [3.63, 3.8) is 0 Å². The maximum Gasteiger partial charge on any atom is 0.251 e. The fourth-order valence-corrected chi connectivity index (χ4v) is 6.19. The first-order valence-electron chi connectivity index (χ1n) is 13.5. The fraction of sp³-hybridized carbons (Fsp3) is 0.571. The smallest absolute Gasteiger partial charge is 0.251 e. The van der Waals surface area contributed by atoms with E-state index in [1.54, 1.807) is 0 Å². The molecule has 1 spiro atoms. The topological polar surface area (TPSA) is 98.7 Å². The van der Waals surface area contributed by atoms with Gasteiger partial charge in [0.25, 0.3) is 5.91 Å². The average Bonchev–Trinajstić information content (AvgIpc) is 3.68. The van der Waals surface area contributed by atoms with Crippen LogP contribution in [0.1, 0.15) is 68.1 Å². The van der Waals surface area contributed by atoms with Crippen LogP contribution in [-0.4, -0.2) is 69.6 Å². The minimum atomic E-state index is -0.340. The molecular weight excluding hydrogens is 454 g/mol. The molecule has 6 rings (SSSR count). The summed E-state index contributed by atoms with van der Waals surface area (Å²) >= 11 is 0. The molecule has 2 saturated heterocycles. The number of rotatable bonds is 5. The number of nitrogens with zero attached hydrogens (tertiary/aromatic N) is 4. The zero-order chi connectivity index (χ0) is 24.7. The largest absolute Gasteiger partial charge is 0.393 e. The van der Waals surface area contributed by atoms with Crippen LogP contribution in [0.25, 0.3) is 11.1 Å². The zero-order valence-corrected chi connectivity index (χ0v) is 20.7. The number of piperidine rings is 1. The van der Waals surface area contributed by atoms with Gasteiger partial charge in [-0.3, -0.25) is 9.59 Å². The van der Waals surface area contributed by atoms with Gasteiger partial charge in [-0.25, -0.2) is 9.97 Å². The summed E-state index contributed by atoms with van der Waals surface area (Å²) in [5, 5.41) is 12.9. The quantitative estimate of drug-likeness (QED) is 0.670. The number of nitrogens with one attached hydrogen (secondary N) is 1. The highest BCUT2D eigenvalue weighted by atomic mass is 16.3. The van der Waals surface area contributed by atoms with Crippen molar-refractivity contribution in [2.24, 2.45) is 5.41 Å². The molecule has 1 aromatic heterocycles. The van der Waals surface area contributed by atoms with Gasteiger partial charge in [-0.1, -0.05) is 12.1 Å². The van der Waals surface area contributed by atoms with Gasteiger partial charge in [0.1, 0.15) is 0 Å². The Morgan fingerprint density at radius 3 is 2.36 bits per heavy atom. The van der Waals surface area contributed by atoms with E-state index in [0.717, 1.165) is 82.0 Å². The summed E-state index contributed by atoms with van der Waals surface area (Å²) in [4.78, 5) is 39.4. The molecule has 2 aliphatic heterocycles. The molecule has 190 valence electrons. The normalized spacial score (nSPS) is 28.5. The predicted molar refractivity (Wildman–Crippen MR) is 136 cm³/mol. The lowest BCUT2D eigenvalue weighted by atomic mass is 9.78. The van der Waals surface area contributed by atoms with Crippen LogP contribution in [-0.2, 0) is 4.79 Å². The van der Waals surface area contributed by atoms with Crippen LogP contribution in [0, 0.1) is 5.41 Å². The van der Waals surface area contributed by atoms with Gasteiger partial charge in [-0.2, -0.15) is 0 Å². The number of benzene rings is 1. The van der Waals surface area contributed by atoms with E-state index in [2.05, 4.69) is 25.1 Å². The number of carbonyl (C=O) groups excluding carboxylic acids is 2. The summed E-state index contributed by atoms with van der Waals surface area (Å²) in [6.45, 7) is 2.35. The predicted octanol–water partition coefficient (Wildman–Crippen LogP) is 3.16. The average molecular weight is 490 g/mol. The lowest BCUT2D eigenvalue weighted by Gasteiger charge is -2.40. The van der Waals surface area contributed by atoms with E-state index in [1.165, 1.54) is 0 Å². The molecule has 0 bridgehead atoms. The summed E-state index contributed by atoms with van der Waals surface area (Å²) in [6, 6.07) is 8.19. The molecular formula is C28H35N5O3. The molecule has 2 aromatic rings. The summed E-state index contributed by atoms with van der Waals surface area (Å²) < 4.78 is 0. The third-order valence-electron chi connectivity index (χ3n) is 8.54. The number of carbonyl (C=O) groups is 2. The van der Waals surface area contributed by atoms with Crippen LogP contribution in [0.3, 0.4) is 0 Å². The van der Waals surface area contributed by atoms with Crippen molar-refractivity contribution in [1.29, 1.82) is 0 Å². The first kappa shape index (κ1) is 23.4. The number of hydrogen-bond acceptors (Lipinski definition) is 6. The third kappa shape index (κ3) is 4.59. The molecule has 0 radical (unpaired) electrons. The maximum atomic E-state index is 13.6. The minimum Gasteiger partial charge on any atom is -0.393 e. The zero-order valence-electron chi connectivity index (χ0n) is 20.7. The van der Waals surface area contributed by atoms with Crippen molar-refractivity contribution >= 4 is 17.8 Å². The number of likely N-dealkylation sites (tertiary alicyclic amines) is 1. The molecule has 2 amide bonds. The molecule has 0 unspecified atom stereocenters. The first-order chi connectivity index (χ1) is 17.5. The standard InChI is InChI=1S/C28H35N5O3/c34-24-10-8-23(9-11-24)33-15-13-28(26(33)36)12-1-14-32(18-28)27-29-16-21(17-30-27)19-2-4-20(5-3-19)25(35)31-22-6-7-22/h2-5,16-17,22-24,34H,1,6-15,18H2,(H,31,35)/t23-,24+,28-/m1/s1. The van der Waals surface area contributed by atoms with Gasteiger partial charge in [0.2, 0.25) is 11.9 Å². The molecule has 8 nitrogen and oxygen atoms in total. The van der Waals surface area contributed by atoms with Gasteiger partial charge >= 0.3 is 0 Å². The fourth-order valence-electron chi connectivity index (χ4n) is 6.19. The van der Waals surface area contributed by atoms with E-state index in [0.29, 0.717) is 24.1 Å².